The van der Waals surface area contributed by atoms with Crippen LogP contribution in [0.1, 0.15) is 18.9 Å². The molecule has 0 bridgehead atoms. The lowest BCUT2D eigenvalue weighted by Crippen LogP contribution is -2.38. The molecule has 0 aliphatic rings. The molecule has 0 amide bonds. The average Bonchev–Trinajstić information content (AvgIpc) is 2.78. The van der Waals surface area contributed by atoms with E-state index < -0.39 is 0 Å². The van der Waals surface area contributed by atoms with E-state index in [1.54, 1.807) is 14.2 Å². The lowest BCUT2D eigenvalue weighted by Gasteiger charge is -2.12. The molecule has 0 unspecified atom stereocenters. The van der Waals surface area contributed by atoms with Gasteiger partial charge in [-0.25, -0.2) is 4.99 Å². The Labute approximate surface area is 179 Å². The molecule has 7 heteroatoms. The minimum absolute atomic E-state index is 0.578. The monoisotopic (exact) mass is 415 g/mol. The number of hydrogen-bond acceptors (Lipinski definition) is 5. The van der Waals surface area contributed by atoms with Gasteiger partial charge in [-0.15, -0.1) is 0 Å². The van der Waals surface area contributed by atoms with Gasteiger partial charge in [0.15, 0.2) is 17.5 Å². The second kappa shape index (κ2) is 14.3. The zero-order chi connectivity index (χ0) is 21.4. The van der Waals surface area contributed by atoms with Crippen LogP contribution >= 0.6 is 0 Å². The van der Waals surface area contributed by atoms with E-state index in [2.05, 4.69) is 22.5 Å². The van der Waals surface area contributed by atoms with Gasteiger partial charge in [0.2, 0.25) is 0 Å². The number of nitrogens with one attached hydrogen (secondary N) is 2. The Morgan fingerprint density at radius 2 is 1.67 bits per heavy atom. The summed E-state index contributed by atoms with van der Waals surface area (Å²) in [5.74, 6) is 2.95. The Balaban J connectivity index is 1.82. The summed E-state index contributed by atoms with van der Waals surface area (Å²) in [5.41, 5.74) is 1.10. The molecule has 30 heavy (non-hydrogen) atoms. The number of ether oxygens (including phenoxy) is 4. The van der Waals surface area contributed by atoms with E-state index in [4.69, 9.17) is 18.9 Å². The van der Waals surface area contributed by atoms with Crippen molar-refractivity contribution >= 4 is 5.96 Å². The van der Waals surface area contributed by atoms with Crippen LogP contribution in [0.25, 0.3) is 0 Å². The number of benzene rings is 2. The van der Waals surface area contributed by atoms with Crippen LogP contribution in [0.5, 0.6) is 17.2 Å². The second-order valence-electron chi connectivity index (χ2n) is 6.48. The van der Waals surface area contributed by atoms with Crippen LogP contribution in [0.3, 0.4) is 0 Å². The van der Waals surface area contributed by atoms with E-state index >= 15 is 0 Å². The molecular weight excluding hydrogens is 382 g/mol. The van der Waals surface area contributed by atoms with Crippen molar-refractivity contribution in [3.05, 3.63) is 54.1 Å². The number of guanidine groups is 1. The number of methoxy groups -OCH3 is 2. The van der Waals surface area contributed by atoms with Gasteiger partial charge in [-0.05, 0) is 43.2 Å². The zero-order valence-corrected chi connectivity index (χ0v) is 18.1. The first-order chi connectivity index (χ1) is 14.8. The molecule has 0 aromatic heterocycles. The number of rotatable bonds is 13. The smallest absolute Gasteiger partial charge is 0.191 e. The Morgan fingerprint density at radius 1 is 0.900 bits per heavy atom. The van der Waals surface area contributed by atoms with Crippen LogP contribution in [0.15, 0.2) is 53.5 Å². The predicted octanol–water partition coefficient (Wildman–Crippen LogP) is 3.60. The molecule has 0 atom stereocenters. The van der Waals surface area contributed by atoms with Gasteiger partial charge < -0.3 is 29.6 Å². The van der Waals surface area contributed by atoms with E-state index in [1.807, 2.05) is 48.5 Å². The highest BCUT2D eigenvalue weighted by atomic mass is 16.5. The molecule has 0 aliphatic carbocycles. The van der Waals surface area contributed by atoms with Crippen molar-refractivity contribution in [3.8, 4) is 17.2 Å². The van der Waals surface area contributed by atoms with Crippen molar-refractivity contribution in [2.75, 3.05) is 47.1 Å². The number of hydrogen-bond donors (Lipinski definition) is 2. The molecule has 2 aromatic carbocycles. The lowest BCUT2D eigenvalue weighted by atomic mass is 10.2. The molecule has 0 aliphatic heterocycles. The second-order valence-corrected chi connectivity index (χ2v) is 6.48. The van der Waals surface area contributed by atoms with E-state index in [0.29, 0.717) is 37.9 Å². The fourth-order valence-corrected chi connectivity index (χ4v) is 2.63. The van der Waals surface area contributed by atoms with E-state index in [1.165, 1.54) is 0 Å². The van der Waals surface area contributed by atoms with Gasteiger partial charge in [-0.2, -0.15) is 0 Å². The quantitative estimate of drug-likeness (QED) is 0.296. The highest BCUT2D eigenvalue weighted by Crippen LogP contribution is 2.30. The summed E-state index contributed by atoms with van der Waals surface area (Å²) in [4.78, 5) is 4.64. The molecule has 0 fully saturated rings. The van der Waals surface area contributed by atoms with Crippen molar-refractivity contribution in [2.24, 2.45) is 4.99 Å². The number of aliphatic imine (C=N–C) groups is 1. The van der Waals surface area contributed by atoms with Gasteiger partial charge in [0.1, 0.15) is 5.75 Å². The maximum Gasteiger partial charge on any atom is 0.191 e. The fourth-order valence-electron chi connectivity index (χ4n) is 2.63. The van der Waals surface area contributed by atoms with Crippen LogP contribution in [0, 0.1) is 0 Å². The van der Waals surface area contributed by atoms with Crippen LogP contribution in [-0.2, 0) is 16.0 Å². The molecule has 2 rings (SSSR count). The highest BCUT2D eigenvalue weighted by molar-refractivity contribution is 5.79. The summed E-state index contributed by atoms with van der Waals surface area (Å²) in [5, 5.41) is 6.59. The maximum absolute atomic E-state index is 5.91. The third-order valence-electron chi connectivity index (χ3n) is 4.17. The predicted molar refractivity (Wildman–Crippen MR) is 120 cm³/mol. The molecule has 2 N–H and O–H groups in total. The summed E-state index contributed by atoms with van der Waals surface area (Å²) < 4.78 is 21.7. The summed E-state index contributed by atoms with van der Waals surface area (Å²) in [6.07, 6.45) is 0.906. The Morgan fingerprint density at radius 3 is 2.37 bits per heavy atom. The van der Waals surface area contributed by atoms with E-state index in [-0.39, 0.29) is 0 Å². The van der Waals surface area contributed by atoms with Crippen LogP contribution in [0.4, 0.5) is 0 Å². The first kappa shape index (κ1) is 23.5. The summed E-state index contributed by atoms with van der Waals surface area (Å²) in [6, 6.07) is 15.5. The molecule has 7 nitrogen and oxygen atoms in total. The molecule has 0 spiro atoms. The van der Waals surface area contributed by atoms with Gasteiger partial charge in [-0.3, -0.25) is 0 Å². The lowest BCUT2D eigenvalue weighted by molar-refractivity contribution is 0.0698. The average molecular weight is 416 g/mol. The van der Waals surface area contributed by atoms with Crippen LogP contribution in [0.2, 0.25) is 0 Å². The molecule has 164 valence electrons. The fraction of sp³-hybridized carbons (Fsp3) is 0.435. The zero-order valence-electron chi connectivity index (χ0n) is 18.1. The largest absolute Gasteiger partial charge is 0.493 e. The number of para-hydroxylation sites is 2. The van der Waals surface area contributed by atoms with Crippen LogP contribution < -0.4 is 20.1 Å². The van der Waals surface area contributed by atoms with Crippen LogP contribution in [-0.4, -0.2) is 53.1 Å². The van der Waals surface area contributed by atoms with Gasteiger partial charge >= 0.3 is 0 Å². The Bertz CT molecular complexity index is 750. The SMILES string of the molecule is CCNC(=NCc1ccc(Oc2ccccc2OC)cc1)NCCCOCCOC. The summed E-state index contributed by atoms with van der Waals surface area (Å²) in [7, 11) is 3.30. The van der Waals surface area contributed by atoms with Crippen molar-refractivity contribution < 1.29 is 18.9 Å². The molecular formula is C23H33N3O4. The van der Waals surface area contributed by atoms with Gasteiger partial charge in [-0.1, -0.05) is 24.3 Å². The third-order valence-corrected chi connectivity index (χ3v) is 4.17. The van der Waals surface area contributed by atoms with Gasteiger partial charge in [0.25, 0.3) is 0 Å². The molecule has 0 saturated carbocycles. The first-order valence-electron chi connectivity index (χ1n) is 10.3. The Kier molecular flexibility index (Phi) is 11.2. The van der Waals surface area contributed by atoms with Gasteiger partial charge in [0, 0.05) is 26.8 Å². The molecule has 0 saturated heterocycles. The van der Waals surface area contributed by atoms with E-state index in [0.717, 1.165) is 36.8 Å². The highest BCUT2D eigenvalue weighted by Gasteiger charge is 2.04. The summed E-state index contributed by atoms with van der Waals surface area (Å²) >= 11 is 0. The van der Waals surface area contributed by atoms with Crippen molar-refractivity contribution in [1.29, 1.82) is 0 Å². The third kappa shape index (κ3) is 8.71. The Hall–Kier alpha value is -2.77. The normalized spacial score (nSPS) is 11.2. The van der Waals surface area contributed by atoms with E-state index in [9.17, 15) is 0 Å². The first-order valence-corrected chi connectivity index (χ1v) is 10.3. The minimum Gasteiger partial charge on any atom is -0.493 e. The molecule has 2 aromatic rings. The maximum atomic E-state index is 5.91. The van der Waals surface area contributed by atoms with Crippen molar-refractivity contribution in [1.82, 2.24) is 10.6 Å². The topological polar surface area (TPSA) is 73.3 Å². The standard InChI is InChI=1S/C23H33N3O4/c1-4-24-23(25-14-7-15-29-17-16-27-2)26-18-19-10-12-20(13-11-19)30-22-9-6-5-8-21(22)28-3/h5-6,8-13H,4,7,14-18H2,1-3H3,(H2,24,25,26). The summed E-state index contributed by atoms with van der Waals surface area (Å²) in [6.45, 7) is 6.18. The number of nitrogens with zero attached hydrogens (tertiary/aromatic N) is 1. The van der Waals surface area contributed by atoms with Crippen molar-refractivity contribution in [2.45, 2.75) is 19.9 Å². The molecule has 0 radical (unpaired) electrons. The molecule has 0 heterocycles. The van der Waals surface area contributed by atoms with Crippen molar-refractivity contribution in [3.63, 3.8) is 0 Å². The minimum atomic E-state index is 0.578. The van der Waals surface area contributed by atoms with Gasteiger partial charge in [0.05, 0.1) is 26.9 Å².